The van der Waals surface area contributed by atoms with Gasteiger partial charge in [0.15, 0.2) is 5.03 Å². The lowest BCUT2D eigenvalue weighted by Gasteiger charge is -2.23. The van der Waals surface area contributed by atoms with Gasteiger partial charge in [-0.05, 0) is 50.1 Å². The zero-order valence-corrected chi connectivity index (χ0v) is 20.3. The van der Waals surface area contributed by atoms with Crippen LogP contribution in [0.4, 0.5) is 10.2 Å². The van der Waals surface area contributed by atoms with E-state index < -0.39 is 21.7 Å². The molecular weight excluding hydrogens is 461 g/mol. The van der Waals surface area contributed by atoms with Crippen LogP contribution in [-0.2, 0) is 10.0 Å². The van der Waals surface area contributed by atoms with Crippen molar-refractivity contribution in [3.05, 3.63) is 54.0 Å². The summed E-state index contributed by atoms with van der Waals surface area (Å²) in [5, 5.41) is 5.70. The summed E-state index contributed by atoms with van der Waals surface area (Å²) < 4.78 is 47.0. The maximum Gasteiger partial charge on any atom is 0.281 e. The number of carbonyl (C=O) groups excluding carboxylic acids is 1. The molecule has 3 rings (SSSR count). The summed E-state index contributed by atoms with van der Waals surface area (Å²) in [5.74, 6) is -0.378. The minimum Gasteiger partial charge on any atom is -0.493 e. The lowest BCUT2D eigenvalue weighted by molar-refractivity contribution is 0.0981. The largest absolute Gasteiger partial charge is 0.493 e. The SMILES string of the molecule is CCN(CC)c1nc(-c2cc(F)cc(OCC(C)C)c2)ccc1C(=O)NS(=O)(=O)c1ccn[nH]1.[HH].[HH]. The Labute approximate surface area is 201 Å². The van der Waals surface area contributed by atoms with Crippen LogP contribution in [0.25, 0.3) is 11.3 Å². The fourth-order valence-corrected chi connectivity index (χ4v) is 4.11. The number of sulfonamides is 1. The monoisotopic (exact) mass is 493 g/mol. The van der Waals surface area contributed by atoms with E-state index in [1.165, 1.54) is 30.5 Å². The molecule has 0 fully saturated rings. The van der Waals surface area contributed by atoms with E-state index in [4.69, 9.17) is 4.74 Å². The number of aromatic amines is 1. The van der Waals surface area contributed by atoms with Gasteiger partial charge in [-0.1, -0.05) is 13.8 Å². The molecule has 34 heavy (non-hydrogen) atoms. The quantitative estimate of drug-likeness (QED) is 0.437. The number of nitrogens with zero attached hydrogens (tertiary/aromatic N) is 3. The number of rotatable bonds is 10. The molecule has 2 heterocycles. The number of pyridine rings is 1. The first-order valence-electron chi connectivity index (χ1n) is 10.9. The number of anilines is 1. The Kier molecular flexibility index (Phi) is 7.87. The molecule has 1 amide bonds. The van der Waals surface area contributed by atoms with Crippen LogP contribution in [0.3, 0.4) is 0 Å². The topological polar surface area (TPSA) is 117 Å². The molecule has 0 unspecified atom stereocenters. The van der Waals surface area contributed by atoms with Crippen molar-refractivity contribution in [2.75, 3.05) is 24.6 Å². The number of benzene rings is 1. The van der Waals surface area contributed by atoms with Gasteiger partial charge in [0, 0.05) is 27.6 Å². The third-order valence-corrected chi connectivity index (χ3v) is 6.19. The molecule has 186 valence electrons. The molecular formula is C23H32FN5O4S. The lowest BCUT2D eigenvalue weighted by Crippen LogP contribution is -2.33. The zero-order valence-electron chi connectivity index (χ0n) is 19.5. The maximum atomic E-state index is 14.3. The van der Waals surface area contributed by atoms with Gasteiger partial charge in [-0.15, -0.1) is 0 Å². The van der Waals surface area contributed by atoms with E-state index in [1.54, 1.807) is 12.1 Å². The van der Waals surface area contributed by atoms with Crippen LogP contribution < -0.4 is 14.4 Å². The molecule has 9 nitrogen and oxygen atoms in total. The van der Waals surface area contributed by atoms with Gasteiger partial charge < -0.3 is 9.64 Å². The Hall–Kier alpha value is -3.47. The first kappa shape index (κ1) is 25.2. The van der Waals surface area contributed by atoms with E-state index in [0.29, 0.717) is 36.7 Å². The summed E-state index contributed by atoms with van der Waals surface area (Å²) in [6, 6.07) is 8.59. The summed E-state index contributed by atoms with van der Waals surface area (Å²) in [6.45, 7) is 9.24. The van der Waals surface area contributed by atoms with E-state index in [9.17, 15) is 17.6 Å². The van der Waals surface area contributed by atoms with Crippen LogP contribution in [-0.4, -0.2) is 49.2 Å². The molecule has 2 aromatic heterocycles. The Bertz CT molecular complexity index is 1250. The van der Waals surface area contributed by atoms with Crippen LogP contribution in [0.5, 0.6) is 5.75 Å². The molecule has 1 aromatic carbocycles. The van der Waals surface area contributed by atoms with Crippen molar-refractivity contribution in [2.45, 2.75) is 32.7 Å². The highest BCUT2D eigenvalue weighted by Crippen LogP contribution is 2.28. The van der Waals surface area contributed by atoms with E-state index >= 15 is 0 Å². The fourth-order valence-electron chi connectivity index (χ4n) is 3.23. The highest BCUT2D eigenvalue weighted by atomic mass is 32.2. The average molecular weight is 494 g/mol. The maximum absolute atomic E-state index is 14.3. The predicted molar refractivity (Wildman–Crippen MR) is 131 cm³/mol. The molecule has 0 saturated carbocycles. The van der Waals surface area contributed by atoms with Crippen molar-refractivity contribution in [3.8, 4) is 17.0 Å². The Morgan fingerprint density at radius 2 is 1.94 bits per heavy atom. The summed E-state index contributed by atoms with van der Waals surface area (Å²) in [4.78, 5) is 19.4. The molecule has 0 spiro atoms. The number of aromatic nitrogens is 3. The number of H-pyrrole nitrogens is 1. The van der Waals surface area contributed by atoms with Crippen molar-refractivity contribution in [3.63, 3.8) is 0 Å². The average Bonchev–Trinajstić information content (AvgIpc) is 3.34. The van der Waals surface area contributed by atoms with Crippen LogP contribution in [0.15, 0.2) is 47.6 Å². The van der Waals surface area contributed by atoms with E-state index in [2.05, 4.69) is 15.2 Å². The van der Waals surface area contributed by atoms with Crippen molar-refractivity contribution in [2.24, 2.45) is 5.92 Å². The Morgan fingerprint density at radius 3 is 2.56 bits per heavy atom. The summed E-state index contributed by atoms with van der Waals surface area (Å²) >= 11 is 0. The number of ether oxygens (including phenoxy) is 1. The van der Waals surface area contributed by atoms with Gasteiger partial charge in [0.25, 0.3) is 15.9 Å². The normalized spacial score (nSPS) is 11.5. The third-order valence-electron chi connectivity index (χ3n) is 4.92. The standard InChI is InChI=1S/C23H28FN5O4S.2H2/c1-5-29(6-2)22-19(23(30)28-34(31,32)21-9-10-25-27-21)7-8-20(26-22)16-11-17(24)13-18(12-16)33-14-15(3)4;;/h7-13,15H,5-6,14H2,1-4H3,(H,25,27)(H,28,30);2*1H. The van der Waals surface area contributed by atoms with Gasteiger partial charge in [0.2, 0.25) is 0 Å². The molecule has 11 heteroatoms. The highest BCUT2D eigenvalue weighted by Gasteiger charge is 2.24. The van der Waals surface area contributed by atoms with Crippen molar-refractivity contribution >= 4 is 21.7 Å². The number of amides is 1. The second-order valence-electron chi connectivity index (χ2n) is 7.98. The molecule has 0 aliphatic carbocycles. The van der Waals surface area contributed by atoms with Crippen molar-refractivity contribution in [1.29, 1.82) is 0 Å². The molecule has 0 atom stereocenters. The minimum atomic E-state index is -4.14. The number of halogens is 1. The van der Waals surface area contributed by atoms with Crippen LogP contribution in [0.2, 0.25) is 0 Å². The number of hydrogen-bond acceptors (Lipinski definition) is 7. The van der Waals surface area contributed by atoms with Gasteiger partial charge in [-0.2, -0.15) is 13.5 Å². The number of nitrogens with one attached hydrogen (secondary N) is 2. The summed E-state index contributed by atoms with van der Waals surface area (Å²) in [5.41, 5.74) is 0.969. The smallest absolute Gasteiger partial charge is 0.281 e. The third kappa shape index (κ3) is 5.90. The van der Waals surface area contributed by atoms with E-state index in [1.807, 2.05) is 37.3 Å². The minimum absolute atomic E-state index is 0. The second-order valence-corrected chi connectivity index (χ2v) is 9.63. The van der Waals surface area contributed by atoms with Crippen molar-refractivity contribution in [1.82, 2.24) is 19.9 Å². The van der Waals surface area contributed by atoms with Crippen LogP contribution in [0.1, 0.15) is 40.9 Å². The molecule has 0 aliphatic heterocycles. The lowest BCUT2D eigenvalue weighted by atomic mass is 10.1. The second kappa shape index (κ2) is 10.6. The molecule has 0 saturated heterocycles. The van der Waals surface area contributed by atoms with Gasteiger partial charge in [0.1, 0.15) is 17.4 Å². The summed E-state index contributed by atoms with van der Waals surface area (Å²) in [6.07, 6.45) is 1.27. The molecule has 0 aliphatic rings. The molecule has 2 N–H and O–H groups in total. The molecule has 0 bridgehead atoms. The first-order valence-corrected chi connectivity index (χ1v) is 12.4. The van der Waals surface area contributed by atoms with Crippen LogP contribution >= 0.6 is 0 Å². The van der Waals surface area contributed by atoms with Gasteiger partial charge >= 0.3 is 0 Å². The van der Waals surface area contributed by atoms with Gasteiger partial charge in [0.05, 0.1) is 24.1 Å². The molecule has 0 radical (unpaired) electrons. The van der Waals surface area contributed by atoms with E-state index in [0.717, 1.165) is 0 Å². The van der Waals surface area contributed by atoms with Crippen molar-refractivity contribution < 1.29 is 25.2 Å². The van der Waals surface area contributed by atoms with Gasteiger partial charge in [-0.25, -0.2) is 14.1 Å². The van der Waals surface area contributed by atoms with Crippen LogP contribution in [0, 0.1) is 11.7 Å². The summed E-state index contributed by atoms with van der Waals surface area (Å²) in [7, 11) is -4.14. The van der Waals surface area contributed by atoms with Gasteiger partial charge in [-0.3, -0.25) is 9.89 Å². The highest BCUT2D eigenvalue weighted by molar-refractivity contribution is 7.90. The predicted octanol–water partition coefficient (Wildman–Crippen LogP) is 4.10. The zero-order chi connectivity index (χ0) is 24.9. The van der Waals surface area contributed by atoms with E-state index in [-0.39, 0.29) is 25.2 Å². The Morgan fingerprint density at radius 1 is 1.21 bits per heavy atom. The number of hydrogen-bond donors (Lipinski definition) is 2. The Balaban J connectivity index is 0.00000324. The fraction of sp³-hybridized carbons (Fsp3) is 0.348. The number of carbonyl (C=O) groups is 1. The first-order chi connectivity index (χ1) is 16.1. The molecule has 3 aromatic rings.